The van der Waals surface area contributed by atoms with E-state index in [0.29, 0.717) is 18.7 Å². The van der Waals surface area contributed by atoms with Crippen LogP contribution in [0.15, 0.2) is 60.8 Å². The Labute approximate surface area is 191 Å². The molecule has 1 aromatic heterocycles. The third-order valence-electron chi connectivity index (χ3n) is 5.69. The second-order valence-corrected chi connectivity index (χ2v) is 8.20. The van der Waals surface area contributed by atoms with Crippen molar-refractivity contribution >= 4 is 11.7 Å². The normalized spacial score (nSPS) is 20.4. The van der Waals surface area contributed by atoms with Crippen LogP contribution in [0.1, 0.15) is 30.5 Å². The van der Waals surface area contributed by atoms with Crippen molar-refractivity contribution in [2.24, 2.45) is 0 Å². The number of urea groups is 1. The summed E-state index contributed by atoms with van der Waals surface area (Å²) >= 11 is 0. The molecule has 0 aliphatic carbocycles. The number of ether oxygens (including phenoxy) is 1. The minimum Gasteiger partial charge on any atom is -0.394 e. The maximum atomic E-state index is 13.3. The number of carbonyl (C=O) groups excluding carboxylic acids is 1. The zero-order valence-electron chi connectivity index (χ0n) is 18.2. The first-order valence-electron chi connectivity index (χ1n) is 11.1. The van der Waals surface area contributed by atoms with E-state index in [9.17, 15) is 14.3 Å². The molecular weight excluding hydrogens is 425 g/mol. The fourth-order valence-electron chi connectivity index (χ4n) is 4.02. The van der Waals surface area contributed by atoms with Gasteiger partial charge >= 0.3 is 6.03 Å². The summed E-state index contributed by atoms with van der Waals surface area (Å²) in [5.74, 6) is -0.426. The standard InChI is InChI=1S/C24H28FN5O3/c25-18-7-4-8-19(14-18)26-24(32)27-22-10-9-21(33-23(22)16-31)11-12-30-15-20(28-29-30)13-17-5-2-1-3-6-17/h1-8,14-15,21-23,31H,9-13,16H2,(H2,26,27,32)/t21-,22-,23-/m0/s1. The summed E-state index contributed by atoms with van der Waals surface area (Å²) < 4.78 is 21.1. The highest BCUT2D eigenvalue weighted by Gasteiger charge is 2.31. The highest BCUT2D eigenvalue weighted by molar-refractivity contribution is 5.89. The van der Waals surface area contributed by atoms with E-state index in [-0.39, 0.29) is 18.8 Å². The van der Waals surface area contributed by atoms with Crippen LogP contribution in [-0.4, -0.2) is 51.0 Å². The number of aryl methyl sites for hydroxylation is 1. The number of amides is 2. The molecule has 2 aromatic carbocycles. The minimum absolute atomic E-state index is 0.0479. The molecule has 0 saturated carbocycles. The summed E-state index contributed by atoms with van der Waals surface area (Å²) in [6, 6.07) is 15.0. The molecular formula is C24H28FN5O3. The molecule has 1 aliphatic heterocycles. The van der Waals surface area contributed by atoms with E-state index >= 15 is 0 Å². The maximum absolute atomic E-state index is 13.3. The molecule has 0 unspecified atom stereocenters. The van der Waals surface area contributed by atoms with Gasteiger partial charge in [-0.25, -0.2) is 9.18 Å². The van der Waals surface area contributed by atoms with Gasteiger partial charge in [0.15, 0.2) is 0 Å². The van der Waals surface area contributed by atoms with Crippen LogP contribution in [0.3, 0.4) is 0 Å². The van der Waals surface area contributed by atoms with Crippen LogP contribution in [0.4, 0.5) is 14.9 Å². The summed E-state index contributed by atoms with van der Waals surface area (Å²) in [5, 5.41) is 23.7. The van der Waals surface area contributed by atoms with Gasteiger partial charge in [0.1, 0.15) is 11.9 Å². The van der Waals surface area contributed by atoms with Gasteiger partial charge in [0.05, 0.1) is 24.4 Å². The quantitative estimate of drug-likeness (QED) is 0.487. The summed E-state index contributed by atoms with van der Waals surface area (Å²) in [4.78, 5) is 12.3. The lowest BCUT2D eigenvalue weighted by Crippen LogP contribution is -2.52. The Bertz CT molecular complexity index is 1050. The third-order valence-corrected chi connectivity index (χ3v) is 5.69. The molecule has 9 heteroatoms. The van der Waals surface area contributed by atoms with Gasteiger partial charge < -0.3 is 20.5 Å². The fraction of sp³-hybridized carbons (Fsp3) is 0.375. The van der Waals surface area contributed by atoms with Crippen molar-refractivity contribution in [1.82, 2.24) is 20.3 Å². The van der Waals surface area contributed by atoms with Gasteiger partial charge in [-0.2, -0.15) is 0 Å². The fourth-order valence-corrected chi connectivity index (χ4v) is 4.02. The van der Waals surface area contributed by atoms with Crippen molar-refractivity contribution in [3.8, 4) is 0 Å². The molecule has 8 nitrogen and oxygen atoms in total. The number of anilines is 1. The van der Waals surface area contributed by atoms with Crippen LogP contribution in [0.2, 0.25) is 0 Å². The molecule has 33 heavy (non-hydrogen) atoms. The summed E-state index contributed by atoms with van der Waals surface area (Å²) in [6.07, 6.45) is 4.27. The molecule has 0 bridgehead atoms. The average molecular weight is 454 g/mol. The van der Waals surface area contributed by atoms with Gasteiger partial charge in [-0.3, -0.25) is 4.68 Å². The number of aromatic nitrogens is 3. The van der Waals surface area contributed by atoms with E-state index in [1.807, 2.05) is 29.1 Å². The highest BCUT2D eigenvalue weighted by Crippen LogP contribution is 2.23. The molecule has 3 atom stereocenters. The monoisotopic (exact) mass is 453 g/mol. The molecule has 174 valence electrons. The number of nitrogens with zero attached hydrogens (tertiary/aromatic N) is 3. The molecule has 1 fully saturated rings. The number of nitrogens with one attached hydrogen (secondary N) is 2. The lowest BCUT2D eigenvalue weighted by atomic mass is 9.97. The lowest BCUT2D eigenvalue weighted by molar-refractivity contribution is -0.0905. The molecule has 4 rings (SSSR count). The zero-order valence-corrected chi connectivity index (χ0v) is 18.2. The van der Waals surface area contributed by atoms with Gasteiger partial charge in [0.2, 0.25) is 0 Å². The SMILES string of the molecule is O=C(Nc1cccc(F)c1)N[C@H]1CC[C@@H](CCn2cc(Cc3ccccc3)nn2)O[C@H]1CO. The first-order chi connectivity index (χ1) is 16.1. The second kappa shape index (κ2) is 11.0. The first kappa shape index (κ1) is 22.9. The predicted molar refractivity (Wildman–Crippen MR) is 121 cm³/mol. The van der Waals surface area contributed by atoms with Crippen molar-refractivity contribution in [2.45, 2.75) is 50.5 Å². The second-order valence-electron chi connectivity index (χ2n) is 8.20. The maximum Gasteiger partial charge on any atom is 0.319 e. The minimum atomic E-state index is -0.508. The van der Waals surface area contributed by atoms with E-state index < -0.39 is 18.0 Å². The van der Waals surface area contributed by atoms with E-state index in [1.54, 1.807) is 6.07 Å². The van der Waals surface area contributed by atoms with E-state index in [0.717, 1.165) is 25.0 Å². The van der Waals surface area contributed by atoms with Crippen LogP contribution in [0.25, 0.3) is 0 Å². The molecule has 3 N–H and O–H groups in total. The summed E-state index contributed by atoms with van der Waals surface area (Å²) in [5.41, 5.74) is 2.46. The van der Waals surface area contributed by atoms with Crippen molar-refractivity contribution in [3.05, 3.63) is 77.9 Å². The Morgan fingerprint density at radius 1 is 1.18 bits per heavy atom. The number of halogens is 1. The van der Waals surface area contributed by atoms with Crippen LogP contribution in [-0.2, 0) is 17.7 Å². The summed E-state index contributed by atoms with van der Waals surface area (Å²) in [6.45, 7) is 0.453. The smallest absolute Gasteiger partial charge is 0.319 e. The lowest BCUT2D eigenvalue weighted by Gasteiger charge is -2.36. The molecule has 0 radical (unpaired) electrons. The number of hydrogen-bond acceptors (Lipinski definition) is 5. The molecule has 0 spiro atoms. The Balaban J connectivity index is 1.23. The number of benzene rings is 2. The van der Waals surface area contributed by atoms with Gasteiger partial charge in [-0.15, -0.1) is 5.10 Å². The molecule has 2 amide bonds. The van der Waals surface area contributed by atoms with Gasteiger partial charge in [0, 0.05) is 24.8 Å². The van der Waals surface area contributed by atoms with E-state index in [1.165, 1.54) is 23.8 Å². The largest absolute Gasteiger partial charge is 0.394 e. The van der Waals surface area contributed by atoms with E-state index in [4.69, 9.17) is 4.74 Å². The summed E-state index contributed by atoms with van der Waals surface area (Å²) in [7, 11) is 0. The number of aliphatic hydroxyl groups excluding tert-OH is 1. The average Bonchev–Trinajstić information content (AvgIpc) is 3.26. The van der Waals surface area contributed by atoms with Crippen LogP contribution < -0.4 is 10.6 Å². The Morgan fingerprint density at radius 3 is 2.82 bits per heavy atom. The van der Waals surface area contributed by atoms with Crippen molar-refractivity contribution in [2.75, 3.05) is 11.9 Å². The van der Waals surface area contributed by atoms with Crippen molar-refractivity contribution < 1.29 is 19.0 Å². The molecule has 2 heterocycles. The van der Waals surface area contributed by atoms with Gasteiger partial charge in [-0.1, -0.05) is 41.6 Å². The Hall–Kier alpha value is -3.30. The number of hydrogen-bond donors (Lipinski definition) is 3. The van der Waals surface area contributed by atoms with E-state index in [2.05, 4.69) is 33.1 Å². The third kappa shape index (κ3) is 6.59. The Morgan fingerprint density at radius 2 is 2.03 bits per heavy atom. The molecule has 1 saturated heterocycles. The first-order valence-corrected chi connectivity index (χ1v) is 11.1. The predicted octanol–water partition coefficient (Wildman–Crippen LogP) is 3.13. The number of carbonyl (C=O) groups is 1. The van der Waals surface area contributed by atoms with Crippen molar-refractivity contribution in [1.29, 1.82) is 0 Å². The molecule has 3 aromatic rings. The van der Waals surface area contributed by atoms with Gasteiger partial charge in [0.25, 0.3) is 0 Å². The van der Waals surface area contributed by atoms with Crippen LogP contribution in [0, 0.1) is 5.82 Å². The number of rotatable bonds is 8. The zero-order chi connectivity index (χ0) is 23.0. The van der Waals surface area contributed by atoms with Crippen LogP contribution in [0.5, 0.6) is 0 Å². The van der Waals surface area contributed by atoms with Gasteiger partial charge in [-0.05, 0) is 43.0 Å². The topological polar surface area (TPSA) is 101 Å². The van der Waals surface area contributed by atoms with Crippen LogP contribution >= 0.6 is 0 Å². The number of aliphatic hydroxyl groups is 1. The highest BCUT2D eigenvalue weighted by atomic mass is 19.1. The Kier molecular flexibility index (Phi) is 7.64. The molecule has 1 aliphatic rings. The van der Waals surface area contributed by atoms with Crippen molar-refractivity contribution in [3.63, 3.8) is 0 Å².